The van der Waals surface area contributed by atoms with Crippen molar-refractivity contribution in [2.24, 2.45) is 0 Å². The Morgan fingerprint density at radius 2 is 1.87 bits per heavy atom. The van der Waals surface area contributed by atoms with Gasteiger partial charge in [0.05, 0.1) is 15.6 Å². The fourth-order valence-corrected chi connectivity index (χ4v) is 2.79. The lowest BCUT2D eigenvalue weighted by molar-refractivity contribution is 0.680. The molecule has 0 fully saturated rings. The fourth-order valence-electron chi connectivity index (χ4n) is 2.42. The number of aryl methyl sites for hydroxylation is 2. The minimum Gasteiger partial charge on any atom is -0.357 e. The molecule has 1 aromatic heterocycles. The van der Waals surface area contributed by atoms with Gasteiger partial charge in [-0.25, -0.2) is 0 Å². The quantitative estimate of drug-likeness (QED) is 0.704. The monoisotopic (exact) mass is 239 g/mol. The van der Waals surface area contributed by atoms with E-state index in [0.29, 0.717) is 10.0 Å². The highest BCUT2D eigenvalue weighted by Crippen LogP contribution is 2.35. The Labute approximate surface area is 98.4 Å². The summed E-state index contributed by atoms with van der Waals surface area (Å²) in [6.45, 7) is 0. The SMILES string of the molecule is Clc1ccc2c3c([nH]c2c1Cl)CCCC3. The van der Waals surface area contributed by atoms with Crippen LogP contribution in [0.3, 0.4) is 0 Å². The van der Waals surface area contributed by atoms with E-state index < -0.39 is 0 Å². The van der Waals surface area contributed by atoms with Crippen molar-refractivity contribution >= 4 is 34.1 Å². The lowest BCUT2D eigenvalue weighted by Gasteiger charge is -2.10. The van der Waals surface area contributed by atoms with Gasteiger partial charge in [0.2, 0.25) is 0 Å². The molecule has 3 rings (SSSR count). The summed E-state index contributed by atoms with van der Waals surface area (Å²) in [5, 5.41) is 2.53. The fraction of sp³-hybridized carbons (Fsp3) is 0.333. The molecule has 1 aliphatic rings. The number of nitrogens with one attached hydrogen (secondary N) is 1. The summed E-state index contributed by atoms with van der Waals surface area (Å²) in [6.07, 6.45) is 4.84. The van der Waals surface area contributed by atoms with Crippen LogP contribution in [-0.2, 0) is 12.8 Å². The van der Waals surface area contributed by atoms with Crippen molar-refractivity contribution in [2.45, 2.75) is 25.7 Å². The second-order valence-corrected chi connectivity index (χ2v) is 4.86. The van der Waals surface area contributed by atoms with E-state index in [1.54, 1.807) is 0 Å². The zero-order valence-electron chi connectivity index (χ0n) is 8.24. The van der Waals surface area contributed by atoms with Gasteiger partial charge in [0, 0.05) is 11.1 Å². The molecule has 15 heavy (non-hydrogen) atoms. The Balaban J connectivity index is 2.36. The normalized spacial score (nSPS) is 15.6. The molecule has 0 aliphatic heterocycles. The molecule has 0 atom stereocenters. The average molecular weight is 240 g/mol. The smallest absolute Gasteiger partial charge is 0.0833 e. The summed E-state index contributed by atoms with van der Waals surface area (Å²) in [7, 11) is 0. The first kappa shape index (κ1) is 9.56. The third-order valence-electron chi connectivity index (χ3n) is 3.16. The first-order valence-corrected chi connectivity index (χ1v) is 6.00. The molecule has 0 saturated heterocycles. The van der Waals surface area contributed by atoms with Crippen LogP contribution in [0.2, 0.25) is 10.0 Å². The molecule has 1 N–H and O–H groups in total. The molecule has 1 heterocycles. The number of halogens is 2. The first-order chi connectivity index (χ1) is 7.27. The van der Waals surface area contributed by atoms with E-state index in [2.05, 4.69) is 11.1 Å². The third-order valence-corrected chi connectivity index (χ3v) is 3.97. The molecule has 1 aromatic carbocycles. The van der Waals surface area contributed by atoms with Crippen molar-refractivity contribution in [2.75, 3.05) is 0 Å². The Kier molecular flexibility index (Phi) is 2.18. The van der Waals surface area contributed by atoms with Crippen LogP contribution in [-0.4, -0.2) is 4.98 Å². The Hall–Kier alpha value is -0.660. The van der Waals surface area contributed by atoms with Crippen LogP contribution in [0.1, 0.15) is 24.1 Å². The van der Waals surface area contributed by atoms with Crippen LogP contribution in [0.15, 0.2) is 12.1 Å². The predicted octanol–water partition coefficient (Wildman–Crippen LogP) is 4.35. The highest BCUT2D eigenvalue weighted by atomic mass is 35.5. The van der Waals surface area contributed by atoms with E-state index in [1.807, 2.05) is 6.07 Å². The zero-order chi connectivity index (χ0) is 10.4. The van der Waals surface area contributed by atoms with Crippen molar-refractivity contribution in [3.05, 3.63) is 33.4 Å². The maximum absolute atomic E-state index is 6.18. The molecular formula is C12H11Cl2N. The molecule has 3 heteroatoms. The molecular weight excluding hydrogens is 229 g/mol. The summed E-state index contributed by atoms with van der Waals surface area (Å²) in [6, 6.07) is 3.96. The molecule has 0 bridgehead atoms. The van der Waals surface area contributed by atoms with E-state index in [1.165, 1.54) is 29.5 Å². The molecule has 78 valence electrons. The second kappa shape index (κ2) is 3.43. The maximum Gasteiger partial charge on any atom is 0.0833 e. The molecule has 1 aliphatic carbocycles. The summed E-state index contributed by atoms with van der Waals surface area (Å²) < 4.78 is 0. The molecule has 1 nitrogen and oxygen atoms in total. The van der Waals surface area contributed by atoms with Crippen LogP contribution in [0.4, 0.5) is 0 Å². The van der Waals surface area contributed by atoms with E-state index in [-0.39, 0.29) is 0 Å². The molecule has 0 spiro atoms. The molecule has 0 unspecified atom stereocenters. The lowest BCUT2D eigenvalue weighted by Crippen LogP contribution is -1.99. The third kappa shape index (κ3) is 1.37. The second-order valence-electron chi connectivity index (χ2n) is 4.07. The number of H-pyrrole nitrogens is 1. The van der Waals surface area contributed by atoms with Crippen molar-refractivity contribution in [3.63, 3.8) is 0 Å². The number of rotatable bonds is 0. The topological polar surface area (TPSA) is 15.8 Å². The number of fused-ring (bicyclic) bond motifs is 3. The number of aromatic nitrogens is 1. The van der Waals surface area contributed by atoms with E-state index in [0.717, 1.165) is 18.4 Å². The van der Waals surface area contributed by atoms with Crippen molar-refractivity contribution < 1.29 is 0 Å². The average Bonchev–Trinajstić information content (AvgIpc) is 2.63. The van der Waals surface area contributed by atoms with Gasteiger partial charge >= 0.3 is 0 Å². The van der Waals surface area contributed by atoms with Gasteiger partial charge in [0.25, 0.3) is 0 Å². The standard InChI is InChI=1S/C12H11Cl2N/c13-9-6-5-8-7-3-1-2-4-10(7)15-12(8)11(9)14/h5-6,15H,1-4H2. The Bertz CT molecular complexity index is 528. The van der Waals surface area contributed by atoms with Gasteiger partial charge in [-0.3, -0.25) is 0 Å². The number of hydrogen-bond acceptors (Lipinski definition) is 0. The van der Waals surface area contributed by atoms with Gasteiger partial charge < -0.3 is 4.98 Å². The summed E-state index contributed by atoms with van der Waals surface area (Å²) in [5.41, 5.74) is 3.80. The van der Waals surface area contributed by atoms with Crippen molar-refractivity contribution in [1.29, 1.82) is 0 Å². The van der Waals surface area contributed by atoms with Crippen LogP contribution < -0.4 is 0 Å². The minimum atomic E-state index is 0.628. The molecule has 0 radical (unpaired) electrons. The zero-order valence-corrected chi connectivity index (χ0v) is 9.75. The predicted molar refractivity (Wildman–Crippen MR) is 65.0 cm³/mol. The van der Waals surface area contributed by atoms with Gasteiger partial charge in [-0.1, -0.05) is 29.3 Å². The summed E-state index contributed by atoms with van der Waals surface area (Å²) in [4.78, 5) is 3.41. The van der Waals surface area contributed by atoms with Gasteiger partial charge in [-0.05, 0) is 37.3 Å². The van der Waals surface area contributed by atoms with Crippen molar-refractivity contribution in [3.8, 4) is 0 Å². The summed E-state index contributed by atoms with van der Waals surface area (Å²) >= 11 is 12.2. The number of benzene rings is 1. The van der Waals surface area contributed by atoms with Crippen LogP contribution >= 0.6 is 23.2 Å². The molecule has 0 amide bonds. The Morgan fingerprint density at radius 1 is 1.07 bits per heavy atom. The van der Waals surface area contributed by atoms with Gasteiger partial charge in [-0.2, -0.15) is 0 Å². The van der Waals surface area contributed by atoms with E-state index in [9.17, 15) is 0 Å². The van der Waals surface area contributed by atoms with Gasteiger partial charge in [0.1, 0.15) is 0 Å². The van der Waals surface area contributed by atoms with Crippen molar-refractivity contribution in [1.82, 2.24) is 4.98 Å². The van der Waals surface area contributed by atoms with Gasteiger partial charge in [0.15, 0.2) is 0 Å². The molecule has 0 saturated carbocycles. The summed E-state index contributed by atoms with van der Waals surface area (Å²) in [5.74, 6) is 0. The number of aromatic amines is 1. The largest absolute Gasteiger partial charge is 0.357 e. The van der Waals surface area contributed by atoms with Crippen LogP contribution in [0, 0.1) is 0 Å². The molecule has 2 aromatic rings. The number of hydrogen-bond donors (Lipinski definition) is 1. The Morgan fingerprint density at radius 3 is 2.73 bits per heavy atom. The van der Waals surface area contributed by atoms with Gasteiger partial charge in [-0.15, -0.1) is 0 Å². The van der Waals surface area contributed by atoms with E-state index in [4.69, 9.17) is 23.2 Å². The van der Waals surface area contributed by atoms with Crippen LogP contribution in [0.25, 0.3) is 10.9 Å². The van der Waals surface area contributed by atoms with Crippen LogP contribution in [0.5, 0.6) is 0 Å². The first-order valence-electron chi connectivity index (χ1n) is 5.25. The maximum atomic E-state index is 6.18. The highest BCUT2D eigenvalue weighted by Gasteiger charge is 2.17. The lowest BCUT2D eigenvalue weighted by atomic mass is 9.96. The van der Waals surface area contributed by atoms with E-state index >= 15 is 0 Å². The highest BCUT2D eigenvalue weighted by molar-refractivity contribution is 6.45. The minimum absolute atomic E-state index is 0.628.